The zero-order chi connectivity index (χ0) is 25.6. The van der Waals surface area contributed by atoms with Crippen molar-refractivity contribution in [2.45, 2.75) is 72.1 Å². The Morgan fingerprint density at radius 3 is 1.89 bits per heavy atom. The van der Waals surface area contributed by atoms with Gasteiger partial charge in [0.25, 0.3) is 0 Å². The summed E-state index contributed by atoms with van der Waals surface area (Å²) in [5.74, 6) is 0.954. The predicted molar refractivity (Wildman–Crippen MR) is 146 cm³/mol. The van der Waals surface area contributed by atoms with Crippen molar-refractivity contribution in [1.29, 1.82) is 0 Å². The topological polar surface area (TPSA) is 61.3 Å². The molecule has 5 heteroatoms. The third kappa shape index (κ3) is 8.78. The van der Waals surface area contributed by atoms with E-state index in [2.05, 4.69) is 30.7 Å². The van der Waals surface area contributed by atoms with E-state index in [1.54, 1.807) is 24.5 Å². The SMILES string of the molecule is CCCCCCCCCOc1ccc(-c2cnc(-c3ccc(C(=O)OCC(C)CC)cc3)cn2)cc1. The molecule has 0 aliphatic heterocycles. The van der Waals surface area contributed by atoms with Crippen LogP contribution < -0.4 is 4.74 Å². The molecule has 1 heterocycles. The lowest BCUT2D eigenvalue weighted by Crippen LogP contribution is -2.11. The van der Waals surface area contributed by atoms with Gasteiger partial charge in [0.1, 0.15) is 5.75 Å². The molecule has 0 spiro atoms. The molecule has 192 valence electrons. The zero-order valence-corrected chi connectivity index (χ0v) is 22.0. The van der Waals surface area contributed by atoms with Crippen LogP contribution in [0.25, 0.3) is 22.5 Å². The van der Waals surface area contributed by atoms with Gasteiger partial charge in [-0.3, -0.25) is 9.97 Å². The first kappa shape index (κ1) is 27.4. The third-order valence-corrected chi connectivity index (χ3v) is 6.43. The molecule has 0 saturated heterocycles. The largest absolute Gasteiger partial charge is 0.494 e. The van der Waals surface area contributed by atoms with Gasteiger partial charge in [-0.1, -0.05) is 77.8 Å². The first-order valence-corrected chi connectivity index (χ1v) is 13.4. The molecule has 3 aromatic rings. The number of hydrogen-bond acceptors (Lipinski definition) is 5. The van der Waals surface area contributed by atoms with Crippen molar-refractivity contribution in [2.24, 2.45) is 5.92 Å². The number of benzene rings is 2. The lowest BCUT2D eigenvalue weighted by atomic mass is 10.1. The molecule has 0 amide bonds. The van der Waals surface area contributed by atoms with Crippen molar-refractivity contribution in [3.8, 4) is 28.3 Å². The molecule has 0 fully saturated rings. The smallest absolute Gasteiger partial charge is 0.338 e. The summed E-state index contributed by atoms with van der Waals surface area (Å²) in [6, 6.07) is 15.3. The highest BCUT2D eigenvalue weighted by molar-refractivity contribution is 5.90. The Hall–Kier alpha value is -3.21. The summed E-state index contributed by atoms with van der Waals surface area (Å²) in [4.78, 5) is 21.4. The highest BCUT2D eigenvalue weighted by Crippen LogP contribution is 2.23. The minimum Gasteiger partial charge on any atom is -0.494 e. The molecule has 2 aromatic carbocycles. The van der Waals surface area contributed by atoms with E-state index in [9.17, 15) is 4.79 Å². The lowest BCUT2D eigenvalue weighted by Gasteiger charge is -2.10. The number of carbonyl (C=O) groups is 1. The van der Waals surface area contributed by atoms with Crippen molar-refractivity contribution >= 4 is 5.97 Å². The summed E-state index contributed by atoms with van der Waals surface area (Å²) >= 11 is 0. The standard InChI is InChI=1S/C31H40N2O3/c1-4-6-7-8-9-10-11-20-35-28-18-16-26(17-19-28)30-22-32-29(21-33-30)25-12-14-27(15-13-25)31(34)36-23-24(3)5-2/h12-19,21-22,24H,4-11,20,23H2,1-3H3. The van der Waals surface area contributed by atoms with Gasteiger partial charge in [0.2, 0.25) is 0 Å². The van der Waals surface area contributed by atoms with Crippen LogP contribution in [0.4, 0.5) is 0 Å². The molecule has 0 radical (unpaired) electrons. The van der Waals surface area contributed by atoms with Crippen molar-refractivity contribution in [2.75, 3.05) is 13.2 Å². The van der Waals surface area contributed by atoms with Gasteiger partial charge in [0, 0.05) is 11.1 Å². The van der Waals surface area contributed by atoms with Gasteiger partial charge >= 0.3 is 5.97 Å². The van der Waals surface area contributed by atoms with Crippen LogP contribution in [0.1, 0.15) is 82.5 Å². The van der Waals surface area contributed by atoms with Crippen molar-refractivity contribution in [1.82, 2.24) is 9.97 Å². The van der Waals surface area contributed by atoms with Crippen LogP contribution in [0.2, 0.25) is 0 Å². The van der Waals surface area contributed by atoms with Crippen LogP contribution in [-0.4, -0.2) is 29.2 Å². The fraction of sp³-hybridized carbons (Fsp3) is 0.452. The number of nitrogens with zero attached hydrogens (tertiary/aromatic N) is 2. The monoisotopic (exact) mass is 488 g/mol. The van der Waals surface area contributed by atoms with E-state index in [0.29, 0.717) is 18.1 Å². The fourth-order valence-electron chi connectivity index (χ4n) is 3.79. The summed E-state index contributed by atoms with van der Waals surface area (Å²) in [6.07, 6.45) is 13.5. The van der Waals surface area contributed by atoms with E-state index >= 15 is 0 Å². The second-order valence-corrected chi connectivity index (χ2v) is 9.47. The average Bonchev–Trinajstić information content (AvgIpc) is 2.93. The highest BCUT2D eigenvalue weighted by atomic mass is 16.5. The molecule has 0 aliphatic rings. The van der Waals surface area contributed by atoms with Crippen LogP contribution in [0, 0.1) is 5.92 Å². The van der Waals surface area contributed by atoms with Crippen molar-refractivity contribution < 1.29 is 14.3 Å². The number of carbonyl (C=O) groups excluding carboxylic acids is 1. The van der Waals surface area contributed by atoms with E-state index < -0.39 is 0 Å². The van der Waals surface area contributed by atoms with Gasteiger partial charge in [0.05, 0.1) is 42.6 Å². The molecule has 36 heavy (non-hydrogen) atoms. The number of esters is 1. The van der Waals surface area contributed by atoms with E-state index in [0.717, 1.165) is 47.7 Å². The van der Waals surface area contributed by atoms with Crippen LogP contribution >= 0.6 is 0 Å². The van der Waals surface area contributed by atoms with Gasteiger partial charge in [-0.25, -0.2) is 4.79 Å². The Kier molecular flexibility index (Phi) is 11.4. The van der Waals surface area contributed by atoms with Crippen molar-refractivity contribution in [3.63, 3.8) is 0 Å². The van der Waals surface area contributed by atoms with Crippen LogP contribution in [0.15, 0.2) is 60.9 Å². The summed E-state index contributed by atoms with van der Waals surface area (Å²) in [5, 5.41) is 0. The zero-order valence-electron chi connectivity index (χ0n) is 22.0. The normalized spacial score (nSPS) is 11.8. The number of unbranched alkanes of at least 4 members (excludes halogenated alkanes) is 6. The minimum atomic E-state index is -0.293. The van der Waals surface area contributed by atoms with Crippen LogP contribution in [0.5, 0.6) is 5.75 Å². The maximum atomic E-state index is 12.2. The van der Waals surface area contributed by atoms with E-state index in [4.69, 9.17) is 9.47 Å². The third-order valence-electron chi connectivity index (χ3n) is 6.43. The van der Waals surface area contributed by atoms with Gasteiger partial charge in [-0.05, 0) is 48.7 Å². The van der Waals surface area contributed by atoms with Gasteiger partial charge in [0.15, 0.2) is 0 Å². The quantitative estimate of drug-likeness (QED) is 0.160. The maximum Gasteiger partial charge on any atom is 0.338 e. The Morgan fingerprint density at radius 1 is 0.778 bits per heavy atom. The molecular formula is C31H40N2O3. The molecule has 0 bridgehead atoms. The van der Waals surface area contributed by atoms with Gasteiger partial charge in [-0.2, -0.15) is 0 Å². The molecule has 3 rings (SSSR count). The molecule has 1 atom stereocenters. The summed E-state index contributed by atoms with van der Waals surface area (Å²) in [6.45, 7) is 7.60. The molecule has 0 aliphatic carbocycles. The Morgan fingerprint density at radius 2 is 1.33 bits per heavy atom. The lowest BCUT2D eigenvalue weighted by molar-refractivity contribution is 0.0447. The second-order valence-electron chi connectivity index (χ2n) is 9.47. The number of ether oxygens (including phenoxy) is 2. The summed E-state index contributed by atoms with van der Waals surface area (Å²) in [7, 11) is 0. The Labute approximate surface area is 216 Å². The van der Waals surface area contributed by atoms with E-state index in [1.807, 2.05) is 36.4 Å². The van der Waals surface area contributed by atoms with Gasteiger partial charge in [-0.15, -0.1) is 0 Å². The van der Waals surface area contributed by atoms with E-state index in [-0.39, 0.29) is 5.97 Å². The molecular weight excluding hydrogens is 448 g/mol. The number of aromatic nitrogens is 2. The summed E-state index contributed by atoms with van der Waals surface area (Å²) < 4.78 is 11.3. The summed E-state index contributed by atoms with van der Waals surface area (Å²) in [5.41, 5.74) is 4.01. The molecule has 1 unspecified atom stereocenters. The average molecular weight is 489 g/mol. The molecule has 0 saturated carbocycles. The Bertz CT molecular complexity index is 1030. The van der Waals surface area contributed by atoms with E-state index in [1.165, 1.54) is 38.5 Å². The molecule has 1 aromatic heterocycles. The first-order chi connectivity index (χ1) is 17.6. The fourth-order valence-corrected chi connectivity index (χ4v) is 3.79. The first-order valence-electron chi connectivity index (χ1n) is 13.4. The van der Waals surface area contributed by atoms with Crippen molar-refractivity contribution in [3.05, 3.63) is 66.5 Å². The Balaban J connectivity index is 1.48. The van der Waals surface area contributed by atoms with Crippen LogP contribution in [0.3, 0.4) is 0 Å². The second kappa shape index (κ2) is 15.0. The highest BCUT2D eigenvalue weighted by Gasteiger charge is 2.10. The maximum absolute atomic E-state index is 12.2. The number of rotatable bonds is 15. The minimum absolute atomic E-state index is 0.293. The van der Waals surface area contributed by atoms with Crippen LogP contribution in [-0.2, 0) is 4.74 Å². The van der Waals surface area contributed by atoms with Gasteiger partial charge < -0.3 is 9.47 Å². The predicted octanol–water partition coefficient (Wildman–Crippen LogP) is 8.14. The molecule has 0 N–H and O–H groups in total. The molecule has 5 nitrogen and oxygen atoms in total. The number of hydrogen-bond donors (Lipinski definition) is 0.